The fourth-order valence-corrected chi connectivity index (χ4v) is 7.30. The van der Waals surface area contributed by atoms with E-state index in [-0.39, 0.29) is 20.5 Å². The Bertz CT molecular complexity index is 1420. The number of rotatable bonds is 9. The van der Waals surface area contributed by atoms with Crippen molar-refractivity contribution in [2.75, 3.05) is 30.3 Å². The molecule has 0 aromatic heterocycles. The van der Waals surface area contributed by atoms with E-state index < -0.39 is 44.5 Å². The quantitative estimate of drug-likeness (QED) is 0.186. The number of amides is 2. The van der Waals surface area contributed by atoms with Crippen molar-refractivity contribution in [2.24, 2.45) is 11.7 Å². The monoisotopic (exact) mass is 592 g/mol. The molecular formula is C27H31FN3O5S3+. The van der Waals surface area contributed by atoms with Crippen LogP contribution in [-0.2, 0) is 14.9 Å². The van der Waals surface area contributed by atoms with E-state index in [4.69, 9.17) is 18.0 Å². The molecule has 0 aliphatic carbocycles. The SMILES string of the molecule is CCCC1CCN(c2ccc(C=C3SC(=S)[N+](CCS(=O)(=O)O)(c4cc(F)ccc4C(N)=O)C3=O)cc2)CC1. The lowest BCUT2D eigenvalue weighted by molar-refractivity contribution is -0.121. The molecule has 2 aliphatic rings. The van der Waals surface area contributed by atoms with E-state index in [0.717, 1.165) is 60.2 Å². The van der Waals surface area contributed by atoms with Gasteiger partial charge in [0.25, 0.3) is 20.3 Å². The number of thiocarbonyl (C=S) groups is 1. The lowest BCUT2D eigenvalue weighted by atomic mass is 9.92. The van der Waals surface area contributed by atoms with Crippen LogP contribution in [0.4, 0.5) is 15.8 Å². The van der Waals surface area contributed by atoms with E-state index in [1.165, 1.54) is 25.7 Å². The maximum absolute atomic E-state index is 14.3. The second kappa shape index (κ2) is 11.8. The molecule has 2 aromatic carbocycles. The van der Waals surface area contributed by atoms with Crippen LogP contribution in [0.5, 0.6) is 0 Å². The molecule has 2 aliphatic heterocycles. The largest absolute Gasteiger partial charge is 0.372 e. The van der Waals surface area contributed by atoms with E-state index in [1.807, 2.05) is 24.3 Å². The summed E-state index contributed by atoms with van der Waals surface area (Å²) in [7, 11) is -4.52. The standard InChI is InChI=1S/C27H30FN3O5S3/c1-2-3-18-10-12-30(13-11-18)21-7-4-19(5-8-21)16-24-26(33)31(27(37)38-24,14-15-39(34,35)36)23-17-20(28)6-9-22(23)25(29)32/h4-9,16-18H,2-3,10-15H2,1H3,(H2-,29,32,34,35,36)/p+1. The predicted molar refractivity (Wildman–Crippen MR) is 157 cm³/mol. The fourth-order valence-electron chi connectivity index (χ4n) is 5.20. The highest BCUT2D eigenvalue weighted by Crippen LogP contribution is 2.44. The van der Waals surface area contributed by atoms with Gasteiger partial charge in [-0.1, -0.05) is 31.9 Å². The molecule has 0 bridgehead atoms. The molecule has 0 radical (unpaired) electrons. The summed E-state index contributed by atoms with van der Waals surface area (Å²) >= 11 is 6.47. The fraction of sp³-hybridized carbons (Fsp3) is 0.370. The van der Waals surface area contributed by atoms with Crippen molar-refractivity contribution in [3.05, 3.63) is 64.3 Å². The number of primary amides is 1. The minimum atomic E-state index is -4.52. The molecule has 3 N–H and O–H groups in total. The minimum Gasteiger partial charge on any atom is -0.372 e. The summed E-state index contributed by atoms with van der Waals surface area (Å²) in [5.74, 6) is -2.39. The third kappa shape index (κ3) is 6.41. The Balaban J connectivity index is 1.66. The van der Waals surface area contributed by atoms with Gasteiger partial charge >= 0.3 is 5.91 Å². The zero-order chi connectivity index (χ0) is 28.4. The summed E-state index contributed by atoms with van der Waals surface area (Å²) in [6.07, 6.45) is 6.42. The van der Waals surface area contributed by atoms with Crippen molar-refractivity contribution in [2.45, 2.75) is 32.6 Å². The first-order chi connectivity index (χ1) is 18.4. The number of hydrogen-bond donors (Lipinski definition) is 2. The lowest BCUT2D eigenvalue weighted by Crippen LogP contribution is -2.56. The highest BCUT2D eigenvalue weighted by molar-refractivity contribution is 8.27. The third-order valence-electron chi connectivity index (χ3n) is 7.26. The highest BCUT2D eigenvalue weighted by atomic mass is 32.2. The summed E-state index contributed by atoms with van der Waals surface area (Å²) in [5.41, 5.74) is 6.98. The Hall–Kier alpha value is -2.64. The normalized spacial score (nSPS) is 21.6. The van der Waals surface area contributed by atoms with Crippen LogP contribution < -0.4 is 15.1 Å². The van der Waals surface area contributed by atoms with Gasteiger partial charge < -0.3 is 10.6 Å². The molecule has 2 amide bonds. The summed E-state index contributed by atoms with van der Waals surface area (Å²) in [4.78, 5) is 28.6. The van der Waals surface area contributed by atoms with Gasteiger partial charge in [0.15, 0.2) is 5.69 Å². The van der Waals surface area contributed by atoms with Crippen molar-refractivity contribution in [3.63, 3.8) is 0 Å². The molecule has 39 heavy (non-hydrogen) atoms. The Kier molecular flexibility index (Phi) is 8.91. The number of anilines is 1. The maximum atomic E-state index is 14.3. The van der Waals surface area contributed by atoms with Crippen LogP contribution in [0.3, 0.4) is 0 Å². The Morgan fingerprint density at radius 3 is 2.49 bits per heavy atom. The van der Waals surface area contributed by atoms with Gasteiger partial charge in [0.05, 0.1) is 0 Å². The molecule has 2 saturated heterocycles. The van der Waals surface area contributed by atoms with Gasteiger partial charge in [0.2, 0.25) is 0 Å². The van der Waals surface area contributed by atoms with Crippen LogP contribution in [0, 0.1) is 11.7 Å². The number of quaternary nitrogens is 1. The van der Waals surface area contributed by atoms with E-state index in [9.17, 15) is 27.0 Å². The molecule has 0 spiro atoms. The molecule has 2 aromatic rings. The highest BCUT2D eigenvalue weighted by Gasteiger charge is 2.55. The summed E-state index contributed by atoms with van der Waals surface area (Å²) in [6.45, 7) is 3.68. The van der Waals surface area contributed by atoms with Crippen molar-refractivity contribution in [1.82, 2.24) is 4.48 Å². The average Bonchev–Trinajstić information content (AvgIpc) is 3.12. The molecule has 2 heterocycles. The van der Waals surface area contributed by atoms with Crippen molar-refractivity contribution in [1.29, 1.82) is 0 Å². The molecular weight excluding hydrogens is 562 g/mol. The number of hydrogen-bond acceptors (Lipinski definition) is 7. The van der Waals surface area contributed by atoms with Crippen LogP contribution in [0.2, 0.25) is 0 Å². The van der Waals surface area contributed by atoms with Crippen molar-refractivity contribution < 1.29 is 27.0 Å². The van der Waals surface area contributed by atoms with Crippen molar-refractivity contribution >= 4 is 67.7 Å². The zero-order valence-electron chi connectivity index (χ0n) is 21.5. The van der Waals surface area contributed by atoms with Crippen LogP contribution >= 0.6 is 24.0 Å². The summed E-state index contributed by atoms with van der Waals surface area (Å²) < 4.78 is 46.1. The molecule has 1 unspecified atom stereocenters. The number of carbonyl (C=O) groups excluding carboxylic acids is 2. The van der Waals surface area contributed by atoms with Gasteiger partial charge in [-0.05, 0) is 78.6 Å². The first-order valence-electron chi connectivity index (χ1n) is 12.7. The molecule has 2 fully saturated rings. The zero-order valence-corrected chi connectivity index (χ0v) is 24.0. The van der Waals surface area contributed by atoms with Gasteiger partial charge in [0.1, 0.15) is 28.6 Å². The Labute approximate surface area is 237 Å². The molecule has 1 atom stereocenters. The molecule has 0 saturated carbocycles. The van der Waals surface area contributed by atoms with Crippen LogP contribution in [0.25, 0.3) is 6.08 Å². The lowest BCUT2D eigenvalue weighted by Gasteiger charge is -2.33. The summed E-state index contributed by atoms with van der Waals surface area (Å²) in [6, 6.07) is 10.9. The van der Waals surface area contributed by atoms with E-state index in [1.54, 1.807) is 6.08 Å². The first kappa shape index (κ1) is 29.3. The van der Waals surface area contributed by atoms with Crippen molar-refractivity contribution in [3.8, 4) is 0 Å². The van der Waals surface area contributed by atoms with Crippen LogP contribution in [0.1, 0.15) is 48.5 Å². The van der Waals surface area contributed by atoms with E-state index >= 15 is 0 Å². The topological polar surface area (TPSA) is 118 Å². The number of carbonyl (C=O) groups is 2. The third-order valence-corrected chi connectivity index (χ3v) is 9.51. The minimum absolute atomic E-state index is 0.00503. The van der Waals surface area contributed by atoms with Gasteiger partial charge in [-0.15, -0.1) is 0 Å². The number of nitrogens with zero attached hydrogens (tertiary/aromatic N) is 2. The number of halogens is 1. The average molecular weight is 593 g/mol. The second-order valence-electron chi connectivity index (χ2n) is 9.84. The Morgan fingerprint density at radius 2 is 1.90 bits per heavy atom. The Morgan fingerprint density at radius 1 is 1.23 bits per heavy atom. The van der Waals surface area contributed by atoms with E-state index in [0.29, 0.717) is 0 Å². The van der Waals surface area contributed by atoms with E-state index in [2.05, 4.69) is 11.8 Å². The predicted octanol–water partition coefficient (Wildman–Crippen LogP) is 4.74. The smallest absolute Gasteiger partial charge is 0.364 e. The molecule has 4 rings (SSSR count). The molecule has 208 valence electrons. The first-order valence-corrected chi connectivity index (χ1v) is 15.5. The van der Waals surface area contributed by atoms with Crippen LogP contribution in [-0.4, -0.2) is 54.5 Å². The second-order valence-corrected chi connectivity index (χ2v) is 13.1. The van der Waals surface area contributed by atoms with Gasteiger partial charge in [0, 0.05) is 24.8 Å². The number of benzene rings is 2. The van der Waals surface area contributed by atoms with Crippen LogP contribution in [0.15, 0.2) is 47.4 Å². The number of thioether (sulfide) groups is 1. The van der Waals surface area contributed by atoms with Gasteiger partial charge in [-0.25, -0.2) is 9.18 Å². The molecule has 8 nitrogen and oxygen atoms in total. The van der Waals surface area contributed by atoms with Gasteiger partial charge in [-0.3, -0.25) is 9.35 Å². The molecule has 12 heteroatoms. The maximum Gasteiger partial charge on any atom is 0.364 e. The van der Waals surface area contributed by atoms with Gasteiger partial charge in [-0.2, -0.15) is 12.9 Å². The number of piperidine rings is 1. The summed E-state index contributed by atoms with van der Waals surface area (Å²) in [5, 5.41) is 0. The number of nitrogens with two attached hydrogens (primary N) is 1.